The van der Waals surface area contributed by atoms with Gasteiger partial charge in [-0.2, -0.15) is 0 Å². The molecule has 0 spiro atoms. The van der Waals surface area contributed by atoms with E-state index in [0.717, 1.165) is 41.9 Å². The van der Waals surface area contributed by atoms with Gasteiger partial charge >= 0.3 is 18.9 Å². The summed E-state index contributed by atoms with van der Waals surface area (Å²) in [7, 11) is 1.96. The second-order valence-electron chi connectivity index (χ2n) is 7.20. The first-order chi connectivity index (χ1) is 11.6. The number of aromatic carboxylic acids is 1. The van der Waals surface area contributed by atoms with Crippen molar-refractivity contribution in [3.05, 3.63) is 35.5 Å². The molecule has 1 atom stereocenters. The summed E-state index contributed by atoms with van der Waals surface area (Å²) < 4.78 is 2.01. The van der Waals surface area contributed by atoms with Gasteiger partial charge in [0.05, 0.1) is 5.97 Å². The molecule has 5 nitrogen and oxygen atoms in total. The first-order valence-electron chi connectivity index (χ1n) is 8.87. The van der Waals surface area contributed by atoms with Crippen molar-refractivity contribution in [1.82, 2.24) is 14.8 Å². The van der Waals surface area contributed by atoms with Crippen LogP contribution >= 0.6 is 0 Å². The number of carbonyl (C=O) groups is 1. The maximum atomic E-state index is 11.4. The molecule has 0 unspecified atom stereocenters. The van der Waals surface area contributed by atoms with Crippen LogP contribution in [0.3, 0.4) is 0 Å². The van der Waals surface area contributed by atoms with E-state index in [0.29, 0.717) is 11.6 Å². The second-order valence-corrected chi connectivity index (χ2v) is 7.20. The van der Waals surface area contributed by atoms with Crippen LogP contribution < -0.4 is 29.3 Å². The third-order valence-electron chi connectivity index (χ3n) is 5.77. The molecule has 3 aliphatic heterocycles. The minimum Gasteiger partial charge on any atom is -0.545 e. The van der Waals surface area contributed by atoms with E-state index in [9.17, 15) is 9.90 Å². The van der Waals surface area contributed by atoms with Crippen LogP contribution in [0.4, 0.5) is 0 Å². The summed E-state index contributed by atoms with van der Waals surface area (Å²) >= 11 is 0. The van der Waals surface area contributed by atoms with Crippen LogP contribution in [0.5, 0.6) is 0 Å². The largest absolute Gasteiger partial charge is 1.00 e. The zero-order valence-electron chi connectivity index (χ0n) is 15.1. The van der Waals surface area contributed by atoms with Crippen LogP contribution in [0, 0.1) is 5.92 Å². The van der Waals surface area contributed by atoms with Crippen molar-refractivity contribution in [2.45, 2.75) is 25.3 Å². The van der Waals surface area contributed by atoms with Gasteiger partial charge in [-0.15, -0.1) is 0 Å². The summed E-state index contributed by atoms with van der Waals surface area (Å²) in [6, 6.07) is 5.97. The molecule has 1 aromatic heterocycles. The van der Waals surface area contributed by atoms with Gasteiger partial charge < -0.3 is 24.7 Å². The van der Waals surface area contributed by atoms with Crippen molar-refractivity contribution >= 4 is 16.9 Å². The van der Waals surface area contributed by atoms with Gasteiger partial charge in [-0.05, 0) is 56.4 Å². The molecule has 0 aliphatic carbocycles. The van der Waals surface area contributed by atoms with Gasteiger partial charge in [0, 0.05) is 42.3 Å². The zero-order valence-corrected chi connectivity index (χ0v) is 15.1. The molecule has 0 saturated carbocycles. The number of piperidine rings is 3. The van der Waals surface area contributed by atoms with Gasteiger partial charge in [-0.1, -0.05) is 12.1 Å². The Hall–Kier alpha value is -1.25. The molecular formula is C19H24LiN3O2. The number of nitrogens with zero attached hydrogens (tertiary/aromatic N) is 2. The Kier molecular flexibility index (Phi) is 5.60. The Morgan fingerprint density at radius 3 is 2.72 bits per heavy atom. The SMILES string of the molecule is Cn1cc(CCN[C@H]2CN3CCC2CC3)c2c(C(=O)[O-])cccc21.[Li+]. The van der Waals surface area contributed by atoms with Gasteiger partial charge in [-0.25, -0.2) is 0 Å². The number of rotatable bonds is 5. The van der Waals surface area contributed by atoms with E-state index in [1.165, 1.54) is 25.9 Å². The Labute approximate surface area is 160 Å². The van der Waals surface area contributed by atoms with Gasteiger partial charge in [0.1, 0.15) is 0 Å². The molecule has 3 fully saturated rings. The molecule has 0 amide bonds. The molecule has 128 valence electrons. The van der Waals surface area contributed by atoms with Crippen molar-refractivity contribution in [1.29, 1.82) is 0 Å². The fourth-order valence-electron chi connectivity index (χ4n) is 4.49. The summed E-state index contributed by atoms with van der Waals surface area (Å²) in [5.41, 5.74) is 2.33. The van der Waals surface area contributed by atoms with Crippen LogP contribution in [-0.2, 0) is 13.5 Å². The second kappa shape index (κ2) is 7.55. The summed E-state index contributed by atoms with van der Waals surface area (Å²) in [4.78, 5) is 14.0. The van der Waals surface area contributed by atoms with Crippen LogP contribution in [0.15, 0.2) is 24.4 Å². The number of carbonyl (C=O) groups excluding carboxylic acids is 1. The van der Waals surface area contributed by atoms with E-state index in [1.54, 1.807) is 12.1 Å². The smallest absolute Gasteiger partial charge is 0.545 e. The molecule has 2 bridgehead atoms. The fraction of sp³-hybridized carbons (Fsp3) is 0.526. The maximum absolute atomic E-state index is 11.4. The number of aryl methyl sites for hydroxylation is 1. The zero-order chi connectivity index (χ0) is 16.7. The summed E-state index contributed by atoms with van der Waals surface area (Å²) in [6.07, 6.45) is 5.50. The molecule has 1 N–H and O–H groups in total. The van der Waals surface area contributed by atoms with E-state index < -0.39 is 5.97 Å². The number of hydrogen-bond acceptors (Lipinski definition) is 4. The Morgan fingerprint density at radius 2 is 2.08 bits per heavy atom. The Morgan fingerprint density at radius 1 is 1.32 bits per heavy atom. The predicted molar refractivity (Wildman–Crippen MR) is 91.9 cm³/mol. The van der Waals surface area contributed by atoms with Crippen LogP contribution in [-0.4, -0.2) is 47.7 Å². The first kappa shape index (κ1) is 18.5. The van der Waals surface area contributed by atoms with E-state index in [4.69, 9.17) is 0 Å². The third kappa shape index (κ3) is 3.52. The molecule has 5 rings (SSSR count). The van der Waals surface area contributed by atoms with E-state index in [2.05, 4.69) is 16.4 Å². The van der Waals surface area contributed by atoms with Gasteiger partial charge in [0.15, 0.2) is 0 Å². The number of fused-ring (bicyclic) bond motifs is 4. The number of benzene rings is 1. The molecular weight excluding hydrogens is 309 g/mol. The number of nitrogens with one attached hydrogen (secondary N) is 1. The molecule has 6 heteroatoms. The van der Waals surface area contributed by atoms with Crippen molar-refractivity contribution in [3.8, 4) is 0 Å². The average molecular weight is 333 g/mol. The van der Waals surface area contributed by atoms with Crippen LogP contribution in [0.1, 0.15) is 28.8 Å². The van der Waals surface area contributed by atoms with Gasteiger partial charge in [0.25, 0.3) is 0 Å². The summed E-state index contributed by atoms with van der Waals surface area (Å²) in [5, 5.41) is 16.0. The van der Waals surface area contributed by atoms with E-state index in [1.807, 2.05) is 17.7 Å². The van der Waals surface area contributed by atoms with Crippen LogP contribution in [0.25, 0.3) is 10.9 Å². The standard InChI is InChI=1S/C19H25N3O2.Li/c1-21-11-14(18-15(19(23)24)3-2-4-17(18)21)5-8-20-16-12-22-9-6-13(16)7-10-22;/h2-4,11,13,16,20H,5-10,12H2,1H3,(H,23,24);/q;+1/p-1/t16-;/m0./s1. The first-order valence-corrected chi connectivity index (χ1v) is 8.87. The average Bonchev–Trinajstić information content (AvgIpc) is 2.92. The minimum absolute atomic E-state index is 0. The van der Waals surface area contributed by atoms with Gasteiger partial charge in [-0.3, -0.25) is 0 Å². The summed E-state index contributed by atoms with van der Waals surface area (Å²) in [5.74, 6) is -0.292. The molecule has 4 heterocycles. The molecule has 25 heavy (non-hydrogen) atoms. The Balaban J connectivity index is 0.00000182. The minimum atomic E-state index is -1.10. The fourth-order valence-corrected chi connectivity index (χ4v) is 4.49. The van der Waals surface area contributed by atoms with E-state index in [-0.39, 0.29) is 18.9 Å². The van der Waals surface area contributed by atoms with Crippen molar-refractivity contribution in [2.24, 2.45) is 13.0 Å². The van der Waals surface area contributed by atoms with E-state index >= 15 is 0 Å². The molecule has 1 aromatic carbocycles. The maximum Gasteiger partial charge on any atom is 1.00 e. The third-order valence-corrected chi connectivity index (χ3v) is 5.77. The quantitative estimate of drug-likeness (QED) is 0.630. The molecule has 2 aromatic rings. The van der Waals surface area contributed by atoms with Crippen molar-refractivity contribution in [3.63, 3.8) is 0 Å². The molecule has 3 aliphatic rings. The molecule has 0 radical (unpaired) electrons. The summed E-state index contributed by atoms with van der Waals surface area (Å²) in [6.45, 7) is 4.54. The number of hydrogen-bond donors (Lipinski definition) is 1. The van der Waals surface area contributed by atoms with Crippen molar-refractivity contribution < 1.29 is 28.8 Å². The van der Waals surface area contributed by atoms with Crippen LogP contribution in [0.2, 0.25) is 0 Å². The van der Waals surface area contributed by atoms with Crippen molar-refractivity contribution in [2.75, 3.05) is 26.2 Å². The number of carboxylic acids is 1. The topological polar surface area (TPSA) is 60.3 Å². The van der Waals surface area contributed by atoms with Gasteiger partial charge in [0.2, 0.25) is 0 Å². The number of carboxylic acid groups (broad SMARTS) is 1. The molecule has 3 saturated heterocycles. The predicted octanol–water partition coefficient (Wildman–Crippen LogP) is -2.23. The number of aromatic nitrogens is 1. The normalized spacial score (nSPS) is 25.1. The Bertz CT molecular complexity index is 765. The monoisotopic (exact) mass is 333 g/mol.